The Kier molecular flexibility index (Phi) is 4.72. The SMILES string of the molecule is Cc1cc(N2CCN(c3cccc(F)c3C#N)CC2)c2cccc([N+](=O)[O-])c2n1. The van der Waals surface area contributed by atoms with Crippen LogP contribution in [0.25, 0.3) is 10.9 Å². The number of nitro benzene ring substituents is 1. The van der Waals surface area contributed by atoms with Crippen molar-refractivity contribution < 1.29 is 9.31 Å². The predicted molar refractivity (Wildman–Crippen MR) is 109 cm³/mol. The number of halogens is 1. The van der Waals surface area contributed by atoms with Gasteiger partial charge in [0.05, 0.1) is 10.6 Å². The van der Waals surface area contributed by atoms with Crippen molar-refractivity contribution in [2.24, 2.45) is 0 Å². The average Bonchev–Trinajstić information content (AvgIpc) is 2.72. The van der Waals surface area contributed by atoms with Crippen LogP contribution >= 0.6 is 0 Å². The Labute approximate surface area is 166 Å². The number of fused-ring (bicyclic) bond motifs is 1. The summed E-state index contributed by atoms with van der Waals surface area (Å²) in [6.45, 7) is 4.32. The molecule has 29 heavy (non-hydrogen) atoms. The normalized spacial score (nSPS) is 14.1. The molecule has 2 heterocycles. The second-order valence-corrected chi connectivity index (χ2v) is 6.93. The van der Waals surface area contributed by atoms with Crippen molar-refractivity contribution in [3.05, 3.63) is 69.7 Å². The van der Waals surface area contributed by atoms with Crippen LogP contribution in [-0.2, 0) is 0 Å². The first-order valence-corrected chi connectivity index (χ1v) is 9.23. The third-order valence-electron chi connectivity index (χ3n) is 5.19. The smallest absolute Gasteiger partial charge is 0.295 e. The number of hydrogen-bond donors (Lipinski definition) is 0. The van der Waals surface area contributed by atoms with Gasteiger partial charge in [0.15, 0.2) is 5.52 Å². The molecule has 1 fully saturated rings. The van der Waals surface area contributed by atoms with E-state index in [4.69, 9.17) is 0 Å². The van der Waals surface area contributed by atoms with Gasteiger partial charge in [0.2, 0.25) is 0 Å². The summed E-state index contributed by atoms with van der Waals surface area (Å²) in [5.74, 6) is -0.518. The van der Waals surface area contributed by atoms with Gasteiger partial charge in [-0.3, -0.25) is 10.1 Å². The maximum absolute atomic E-state index is 13.9. The molecule has 8 heteroatoms. The lowest BCUT2D eigenvalue weighted by molar-refractivity contribution is -0.383. The molecule has 0 bridgehead atoms. The van der Waals surface area contributed by atoms with Crippen molar-refractivity contribution in [1.29, 1.82) is 5.26 Å². The number of nitro groups is 1. The van der Waals surface area contributed by atoms with E-state index in [0.717, 1.165) is 11.1 Å². The summed E-state index contributed by atoms with van der Waals surface area (Å²) < 4.78 is 13.9. The lowest BCUT2D eigenvalue weighted by Crippen LogP contribution is -2.47. The van der Waals surface area contributed by atoms with Crippen LogP contribution in [0.15, 0.2) is 42.5 Å². The van der Waals surface area contributed by atoms with E-state index in [1.165, 1.54) is 12.1 Å². The highest BCUT2D eigenvalue weighted by molar-refractivity contribution is 5.97. The van der Waals surface area contributed by atoms with E-state index < -0.39 is 10.7 Å². The van der Waals surface area contributed by atoms with Gasteiger partial charge in [-0.2, -0.15) is 5.26 Å². The van der Waals surface area contributed by atoms with E-state index in [0.29, 0.717) is 43.1 Å². The molecule has 0 N–H and O–H groups in total. The summed E-state index contributed by atoms with van der Waals surface area (Å²) in [5.41, 5.74) is 2.63. The Morgan fingerprint density at radius 1 is 1.10 bits per heavy atom. The first-order valence-electron chi connectivity index (χ1n) is 9.23. The number of aromatic nitrogens is 1. The number of pyridine rings is 1. The second-order valence-electron chi connectivity index (χ2n) is 6.93. The van der Waals surface area contributed by atoms with Crippen LogP contribution in [0.4, 0.5) is 21.5 Å². The summed E-state index contributed by atoms with van der Waals surface area (Å²) in [4.78, 5) is 19.5. The van der Waals surface area contributed by atoms with Crippen molar-refractivity contribution in [2.75, 3.05) is 36.0 Å². The van der Waals surface area contributed by atoms with Gasteiger partial charge in [-0.25, -0.2) is 9.37 Å². The maximum Gasteiger partial charge on any atom is 0.295 e. The summed E-state index contributed by atoms with van der Waals surface area (Å²) in [6.07, 6.45) is 0. The van der Waals surface area contributed by atoms with Gasteiger partial charge in [0.25, 0.3) is 5.69 Å². The van der Waals surface area contributed by atoms with E-state index in [-0.39, 0.29) is 11.3 Å². The molecule has 1 aromatic heterocycles. The van der Waals surface area contributed by atoms with E-state index >= 15 is 0 Å². The predicted octanol–water partition coefficient (Wildman–Crippen LogP) is 3.79. The molecule has 0 saturated carbocycles. The highest BCUT2D eigenvalue weighted by Gasteiger charge is 2.24. The number of nitriles is 1. The number of nitrogens with zero attached hydrogens (tertiary/aromatic N) is 5. The number of piperazine rings is 1. The fourth-order valence-corrected chi connectivity index (χ4v) is 3.82. The Balaban J connectivity index is 1.65. The van der Waals surface area contributed by atoms with Crippen molar-refractivity contribution in [3.8, 4) is 6.07 Å². The summed E-state index contributed by atoms with van der Waals surface area (Å²) in [7, 11) is 0. The molecular weight excluding hydrogens is 373 g/mol. The van der Waals surface area contributed by atoms with E-state index in [2.05, 4.69) is 9.88 Å². The zero-order valence-electron chi connectivity index (χ0n) is 15.8. The number of aryl methyl sites for hydroxylation is 1. The molecule has 0 radical (unpaired) electrons. The highest BCUT2D eigenvalue weighted by Crippen LogP contribution is 2.33. The monoisotopic (exact) mass is 391 g/mol. The van der Waals surface area contributed by atoms with Gasteiger partial charge < -0.3 is 9.80 Å². The van der Waals surface area contributed by atoms with Crippen LogP contribution in [0, 0.1) is 34.2 Å². The number of para-hydroxylation sites is 1. The van der Waals surface area contributed by atoms with Crippen LogP contribution in [0.2, 0.25) is 0 Å². The van der Waals surface area contributed by atoms with Gasteiger partial charge in [-0.1, -0.05) is 18.2 Å². The zero-order valence-corrected chi connectivity index (χ0v) is 15.8. The van der Waals surface area contributed by atoms with Gasteiger partial charge in [-0.15, -0.1) is 0 Å². The first-order chi connectivity index (χ1) is 14.0. The lowest BCUT2D eigenvalue weighted by atomic mass is 10.1. The quantitative estimate of drug-likeness (QED) is 0.499. The number of rotatable bonds is 3. The molecule has 0 atom stereocenters. The van der Waals surface area contributed by atoms with Gasteiger partial charge in [0.1, 0.15) is 17.4 Å². The van der Waals surface area contributed by atoms with Crippen molar-refractivity contribution in [2.45, 2.75) is 6.92 Å². The summed E-state index contributed by atoms with van der Waals surface area (Å²) in [5, 5.41) is 21.4. The topological polar surface area (TPSA) is 86.3 Å². The second kappa shape index (κ2) is 7.36. The minimum absolute atomic E-state index is 0.00971. The number of anilines is 2. The van der Waals surface area contributed by atoms with E-state index in [1.54, 1.807) is 18.2 Å². The van der Waals surface area contributed by atoms with Gasteiger partial charge in [0, 0.05) is 49.0 Å². The molecule has 0 amide bonds. The first kappa shape index (κ1) is 18.6. The molecule has 0 unspecified atom stereocenters. The van der Waals surface area contributed by atoms with Crippen LogP contribution in [0.5, 0.6) is 0 Å². The largest absolute Gasteiger partial charge is 0.367 e. The van der Waals surface area contributed by atoms with Gasteiger partial charge in [-0.05, 0) is 25.1 Å². The Morgan fingerprint density at radius 2 is 1.76 bits per heavy atom. The fourth-order valence-electron chi connectivity index (χ4n) is 3.82. The molecule has 2 aromatic carbocycles. The van der Waals surface area contributed by atoms with E-state index in [1.807, 2.05) is 30.0 Å². The Bertz CT molecular complexity index is 1150. The third-order valence-corrected chi connectivity index (χ3v) is 5.19. The molecule has 0 aliphatic carbocycles. The molecule has 1 aliphatic rings. The Morgan fingerprint density at radius 3 is 2.41 bits per heavy atom. The molecule has 4 rings (SSSR count). The molecule has 1 aliphatic heterocycles. The Hall–Kier alpha value is -3.73. The molecule has 146 valence electrons. The minimum atomic E-state index is -0.518. The molecule has 0 spiro atoms. The summed E-state index contributed by atoms with van der Waals surface area (Å²) >= 11 is 0. The van der Waals surface area contributed by atoms with Crippen LogP contribution in [0.3, 0.4) is 0 Å². The molecule has 3 aromatic rings. The maximum atomic E-state index is 13.9. The van der Waals surface area contributed by atoms with E-state index in [9.17, 15) is 19.8 Å². The van der Waals surface area contributed by atoms with Crippen molar-refractivity contribution in [1.82, 2.24) is 4.98 Å². The fraction of sp³-hybridized carbons (Fsp3) is 0.238. The average molecular weight is 391 g/mol. The number of non-ortho nitro benzene ring substituents is 1. The molecule has 1 saturated heterocycles. The molecular formula is C21H18FN5O2. The van der Waals surface area contributed by atoms with Crippen molar-refractivity contribution >= 4 is 28.0 Å². The van der Waals surface area contributed by atoms with Crippen LogP contribution < -0.4 is 9.80 Å². The van der Waals surface area contributed by atoms with Crippen LogP contribution in [0.1, 0.15) is 11.3 Å². The summed E-state index contributed by atoms with van der Waals surface area (Å²) in [6, 6.07) is 13.5. The number of benzene rings is 2. The van der Waals surface area contributed by atoms with Gasteiger partial charge >= 0.3 is 0 Å². The minimum Gasteiger partial charge on any atom is -0.367 e. The highest BCUT2D eigenvalue weighted by atomic mass is 19.1. The zero-order chi connectivity index (χ0) is 20.5. The lowest BCUT2D eigenvalue weighted by Gasteiger charge is -2.38. The number of hydrogen-bond acceptors (Lipinski definition) is 6. The molecule has 7 nitrogen and oxygen atoms in total. The van der Waals surface area contributed by atoms with Crippen LogP contribution in [-0.4, -0.2) is 36.1 Å². The standard InChI is InChI=1S/C21H18FN5O2/c1-14-12-20(15-4-2-7-19(27(28)29)21(15)24-14)26-10-8-25(9-11-26)18-6-3-5-17(22)16(18)13-23/h2-7,12H,8-11H2,1H3. The van der Waals surface area contributed by atoms with Crippen molar-refractivity contribution in [3.63, 3.8) is 0 Å². The third kappa shape index (κ3) is 3.31.